The summed E-state index contributed by atoms with van der Waals surface area (Å²) in [5, 5.41) is 3.39. The van der Waals surface area contributed by atoms with Gasteiger partial charge in [-0.05, 0) is 61.7 Å². The van der Waals surface area contributed by atoms with E-state index in [1.165, 1.54) is 18.3 Å². The molecule has 0 spiro atoms. The van der Waals surface area contributed by atoms with E-state index in [0.717, 1.165) is 29.8 Å². The Morgan fingerprint density at radius 2 is 1.90 bits per heavy atom. The van der Waals surface area contributed by atoms with Gasteiger partial charge in [0.05, 0.1) is 17.9 Å². The molecule has 112 valence electrons. The third-order valence-corrected chi connectivity index (χ3v) is 3.48. The van der Waals surface area contributed by atoms with Crippen molar-refractivity contribution in [3.05, 3.63) is 65.0 Å². The lowest BCUT2D eigenvalue weighted by Crippen LogP contribution is -2.25. The number of benzene rings is 1. The van der Waals surface area contributed by atoms with Crippen LogP contribution in [-0.2, 0) is 6.42 Å². The maximum absolute atomic E-state index is 13.4. The maximum atomic E-state index is 13.4. The van der Waals surface area contributed by atoms with Crippen LogP contribution in [0.2, 0.25) is 0 Å². The summed E-state index contributed by atoms with van der Waals surface area (Å²) in [6, 6.07) is 7.83. The van der Waals surface area contributed by atoms with E-state index in [-0.39, 0.29) is 17.7 Å². The summed E-state index contributed by atoms with van der Waals surface area (Å²) in [6.45, 7) is 4.87. The molecule has 0 aliphatic rings. The van der Waals surface area contributed by atoms with Gasteiger partial charge in [-0.3, -0.25) is 4.98 Å². The van der Waals surface area contributed by atoms with E-state index in [9.17, 15) is 8.78 Å². The van der Waals surface area contributed by atoms with E-state index in [2.05, 4.69) is 17.2 Å². The summed E-state index contributed by atoms with van der Waals surface area (Å²) in [7, 11) is 0. The fourth-order valence-corrected chi connectivity index (χ4v) is 2.27. The largest absolute Gasteiger partial charge is 0.308 e. The predicted molar refractivity (Wildman–Crippen MR) is 80.1 cm³/mol. The van der Waals surface area contributed by atoms with Gasteiger partial charge in [0.1, 0.15) is 11.6 Å². The van der Waals surface area contributed by atoms with Crippen LogP contribution in [0.4, 0.5) is 8.78 Å². The SMILES string of the molecule is CCCNC(Cc1cc(F)ccc1C)c1ccc(F)cn1. The van der Waals surface area contributed by atoms with Crippen LogP contribution in [0, 0.1) is 18.6 Å². The zero-order chi connectivity index (χ0) is 15.2. The summed E-state index contributed by atoms with van der Waals surface area (Å²) < 4.78 is 26.4. The highest BCUT2D eigenvalue weighted by molar-refractivity contribution is 5.28. The summed E-state index contributed by atoms with van der Waals surface area (Å²) in [4.78, 5) is 4.15. The number of nitrogens with one attached hydrogen (secondary N) is 1. The number of rotatable bonds is 6. The lowest BCUT2D eigenvalue weighted by atomic mass is 9.98. The van der Waals surface area contributed by atoms with E-state index < -0.39 is 0 Å². The Labute approximate surface area is 124 Å². The van der Waals surface area contributed by atoms with Crippen LogP contribution in [-0.4, -0.2) is 11.5 Å². The van der Waals surface area contributed by atoms with Crippen molar-refractivity contribution < 1.29 is 8.78 Å². The molecule has 21 heavy (non-hydrogen) atoms. The maximum Gasteiger partial charge on any atom is 0.141 e. The fraction of sp³-hybridized carbons (Fsp3) is 0.353. The molecule has 0 saturated carbocycles. The fourth-order valence-electron chi connectivity index (χ4n) is 2.27. The molecule has 2 aromatic rings. The first-order chi connectivity index (χ1) is 10.1. The Morgan fingerprint density at radius 1 is 1.14 bits per heavy atom. The molecule has 4 heteroatoms. The van der Waals surface area contributed by atoms with E-state index >= 15 is 0 Å². The molecule has 0 bridgehead atoms. The molecule has 0 radical (unpaired) electrons. The van der Waals surface area contributed by atoms with Crippen LogP contribution in [0.1, 0.15) is 36.2 Å². The Hall–Kier alpha value is -1.81. The number of halogens is 2. The molecule has 1 atom stereocenters. The van der Waals surface area contributed by atoms with Crippen LogP contribution in [0.15, 0.2) is 36.5 Å². The van der Waals surface area contributed by atoms with Crippen molar-refractivity contribution >= 4 is 0 Å². The molecule has 0 saturated heterocycles. The molecule has 2 rings (SSSR count). The molecule has 1 unspecified atom stereocenters. The van der Waals surface area contributed by atoms with Gasteiger partial charge in [-0.15, -0.1) is 0 Å². The summed E-state index contributed by atoms with van der Waals surface area (Å²) in [6.07, 6.45) is 2.83. The van der Waals surface area contributed by atoms with Crippen molar-refractivity contribution in [2.45, 2.75) is 32.7 Å². The predicted octanol–water partition coefficient (Wildman–Crippen LogP) is 3.95. The van der Waals surface area contributed by atoms with E-state index in [4.69, 9.17) is 0 Å². The van der Waals surface area contributed by atoms with Gasteiger partial charge in [0.15, 0.2) is 0 Å². The number of aromatic nitrogens is 1. The van der Waals surface area contributed by atoms with Gasteiger partial charge < -0.3 is 5.32 Å². The Morgan fingerprint density at radius 3 is 2.57 bits per heavy atom. The summed E-state index contributed by atoms with van der Waals surface area (Å²) in [5.41, 5.74) is 2.75. The molecule has 1 N–H and O–H groups in total. The second-order valence-electron chi connectivity index (χ2n) is 5.18. The topological polar surface area (TPSA) is 24.9 Å². The van der Waals surface area contributed by atoms with E-state index in [1.807, 2.05) is 6.92 Å². The molecule has 1 aromatic heterocycles. The average Bonchev–Trinajstić information content (AvgIpc) is 2.48. The zero-order valence-corrected chi connectivity index (χ0v) is 12.4. The third-order valence-electron chi connectivity index (χ3n) is 3.48. The van der Waals surface area contributed by atoms with Crippen LogP contribution < -0.4 is 5.32 Å². The quantitative estimate of drug-likeness (QED) is 0.871. The van der Waals surface area contributed by atoms with Crippen LogP contribution in [0.3, 0.4) is 0 Å². The zero-order valence-electron chi connectivity index (χ0n) is 12.4. The molecule has 0 aliphatic heterocycles. The van der Waals surface area contributed by atoms with Crippen molar-refractivity contribution in [2.24, 2.45) is 0 Å². The highest BCUT2D eigenvalue weighted by Gasteiger charge is 2.14. The molecule has 0 aliphatic carbocycles. The average molecular weight is 290 g/mol. The first kappa shape index (κ1) is 15.6. The van der Waals surface area contributed by atoms with Crippen LogP contribution in [0.5, 0.6) is 0 Å². The van der Waals surface area contributed by atoms with E-state index in [0.29, 0.717) is 6.42 Å². The number of pyridine rings is 1. The lowest BCUT2D eigenvalue weighted by molar-refractivity contribution is 0.511. The Kier molecular flexibility index (Phi) is 5.39. The van der Waals surface area contributed by atoms with Gasteiger partial charge in [-0.25, -0.2) is 8.78 Å². The van der Waals surface area contributed by atoms with Gasteiger partial charge in [0, 0.05) is 0 Å². The summed E-state index contributed by atoms with van der Waals surface area (Å²) >= 11 is 0. The van der Waals surface area contributed by atoms with Gasteiger partial charge in [0.25, 0.3) is 0 Å². The molecule has 1 aromatic carbocycles. The molecule has 1 heterocycles. The van der Waals surface area contributed by atoms with Gasteiger partial charge in [0.2, 0.25) is 0 Å². The molecular weight excluding hydrogens is 270 g/mol. The number of hydrogen-bond donors (Lipinski definition) is 1. The Bertz CT molecular complexity index is 582. The second-order valence-corrected chi connectivity index (χ2v) is 5.18. The van der Waals surface area contributed by atoms with Crippen molar-refractivity contribution in [1.82, 2.24) is 10.3 Å². The first-order valence-corrected chi connectivity index (χ1v) is 7.20. The standard InChI is InChI=1S/C17H20F2N2/c1-3-8-20-17(16-7-6-15(19)11-21-16)10-13-9-14(18)5-4-12(13)2/h4-7,9,11,17,20H,3,8,10H2,1-2H3. The van der Waals surface area contributed by atoms with Gasteiger partial charge in [-0.2, -0.15) is 0 Å². The molecule has 2 nitrogen and oxygen atoms in total. The van der Waals surface area contributed by atoms with Crippen LogP contribution >= 0.6 is 0 Å². The van der Waals surface area contributed by atoms with Crippen molar-refractivity contribution in [1.29, 1.82) is 0 Å². The van der Waals surface area contributed by atoms with Gasteiger partial charge >= 0.3 is 0 Å². The van der Waals surface area contributed by atoms with Crippen molar-refractivity contribution in [2.75, 3.05) is 6.54 Å². The highest BCUT2D eigenvalue weighted by Crippen LogP contribution is 2.20. The minimum Gasteiger partial charge on any atom is -0.308 e. The first-order valence-electron chi connectivity index (χ1n) is 7.20. The highest BCUT2D eigenvalue weighted by atomic mass is 19.1. The van der Waals surface area contributed by atoms with E-state index in [1.54, 1.807) is 18.2 Å². The normalized spacial score (nSPS) is 12.4. The number of hydrogen-bond acceptors (Lipinski definition) is 2. The summed E-state index contributed by atoms with van der Waals surface area (Å²) in [5.74, 6) is -0.591. The second kappa shape index (κ2) is 7.27. The monoisotopic (exact) mass is 290 g/mol. The molecule has 0 amide bonds. The third kappa shape index (κ3) is 4.33. The number of aryl methyl sites for hydroxylation is 1. The number of nitrogens with zero attached hydrogens (tertiary/aromatic N) is 1. The minimum atomic E-state index is -0.352. The van der Waals surface area contributed by atoms with Gasteiger partial charge in [-0.1, -0.05) is 13.0 Å². The lowest BCUT2D eigenvalue weighted by Gasteiger charge is -2.19. The minimum absolute atomic E-state index is 0.0500. The van der Waals surface area contributed by atoms with Crippen LogP contribution in [0.25, 0.3) is 0 Å². The van der Waals surface area contributed by atoms with Crippen molar-refractivity contribution in [3.63, 3.8) is 0 Å². The Balaban J connectivity index is 2.23. The van der Waals surface area contributed by atoms with Crippen molar-refractivity contribution in [3.8, 4) is 0 Å². The smallest absolute Gasteiger partial charge is 0.141 e. The molecular formula is C17H20F2N2. The molecule has 0 fully saturated rings.